The van der Waals surface area contributed by atoms with Gasteiger partial charge in [0.05, 0.1) is 22.3 Å². The number of halogens is 2. The minimum Gasteiger partial charge on any atom is -0.229 e. The molecule has 0 bridgehead atoms. The largest absolute Gasteiger partial charge is 0.229 e. The minimum atomic E-state index is -3.70. The normalized spacial score (nSPS) is 19.1. The van der Waals surface area contributed by atoms with Crippen LogP contribution in [-0.4, -0.2) is 34.4 Å². The highest BCUT2D eigenvalue weighted by molar-refractivity contribution is 7.93. The van der Waals surface area contributed by atoms with Gasteiger partial charge in [0.15, 0.2) is 9.84 Å². The van der Waals surface area contributed by atoms with Gasteiger partial charge in [0.25, 0.3) is 0 Å². The van der Waals surface area contributed by atoms with Crippen molar-refractivity contribution in [2.45, 2.75) is 11.8 Å². The summed E-state index contributed by atoms with van der Waals surface area (Å²) >= 11 is 5.49. The molecule has 0 atom stereocenters. The molecule has 0 spiro atoms. The van der Waals surface area contributed by atoms with Gasteiger partial charge in [0, 0.05) is 6.04 Å². The van der Waals surface area contributed by atoms with Gasteiger partial charge in [-0.25, -0.2) is 25.9 Å². The summed E-state index contributed by atoms with van der Waals surface area (Å²) in [6, 6.07) is 3.13. The summed E-state index contributed by atoms with van der Waals surface area (Å²) in [5.41, 5.74) is 0.247. The second-order valence-electron chi connectivity index (χ2n) is 4.40. The van der Waals surface area contributed by atoms with Crippen molar-refractivity contribution >= 4 is 31.5 Å². The third-order valence-corrected chi connectivity index (χ3v) is 6.13. The van der Waals surface area contributed by atoms with Gasteiger partial charge in [0.1, 0.15) is 5.82 Å². The van der Waals surface area contributed by atoms with Gasteiger partial charge in [-0.2, -0.15) is 0 Å². The Morgan fingerprint density at radius 2 is 2.00 bits per heavy atom. The number of sulfonamides is 1. The zero-order valence-electron chi connectivity index (χ0n) is 9.64. The molecule has 2 rings (SSSR count). The molecule has 5 nitrogen and oxygen atoms in total. The molecular weight excluding hydrogens is 317 g/mol. The van der Waals surface area contributed by atoms with Crippen LogP contribution < -0.4 is 4.72 Å². The Morgan fingerprint density at radius 3 is 2.53 bits per heavy atom. The van der Waals surface area contributed by atoms with Crippen LogP contribution in [0.2, 0.25) is 5.02 Å². The SMILES string of the molecule is O=S1(=O)CC(NS(=O)(=O)Cc2ccc(Cl)c(F)c2)C1. The van der Waals surface area contributed by atoms with Crippen molar-refractivity contribution in [1.82, 2.24) is 4.72 Å². The highest BCUT2D eigenvalue weighted by Gasteiger charge is 2.35. The predicted molar refractivity (Wildman–Crippen MR) is 69.6 cm³/mol. The Bertz CT molecular complexity index is 690. The molecule has 0 amide bonds. The number of sulfone groups is 1. The van der Waals surface area contributed by atoms with Crippen molar-refractivity contribution in [1.29, 1.82) is 0 Å². The van der Waals surface area contributed by atoms with Crippen molar-refractivity contribution in [3.8, 4) is 0 Å². The highest BCUT2D eigenvalue weighted by Crippen LogP contribution is 2.18. The quantitative estimate of drug-likeness (QED) is 0.882. The summed E-state index contributed by atoms with van der Waals surface area (Å²) in [5.74, 6) is -1.50. The fourth-order valence-electron chi connectivity index (χ4n) is 1.78. The van der Waals surface area contributed by atoms with Crippen molar-refractivity contribution in [2.24, 2.45) is 0 Å². The zero-order chi connectivity index (χ0) is 14.3. The van der Waals surface area contributed by atoms with E-state index in [0.29, 0.717) is 0 Å². The average Bonchev–Trinajstić information content (AvgIpc) is 2.19. The first kappa shape index (κ1) is 14.7. The molecule has 1 aromatic rings. The molecule has 1 saturated heterocycles. The van der Waals surface area contributed by atoms with E-state index in [0.717, 1.165) is 6.07 Å². The lowest BCUT2D eigenvalue weighted by atomic mass is 10.2. The van der Waals surface area contributed by atoms with E-state index >= 15 is 0 Å². The van der Waals surface area contributed by atoms with Crippen LogP contribution >= 0.6 is 11.6 Å². The number of hydrogen-bond acceptors (Lipinski definition) is 4. The maximum absolute atomic E-state index is 13.2. The Balaban J connectivity index is 2.03. The minimum absolute atomic E-state index is 0.0841. The van der Waals surface area contributed by atoms with Crippen LogP contribution in [0.15, 0.2) is 18.2 Å². The number of hydrogen-bond donors (Lipinski definition) is 1. The van der Waals surface area contributed by atoms with Gasteiger partial charge in [0.2, 0.25) is 10.0 Å². The van der Waals surface area contributed by atoms with Crippen LogP contribution in [0, 0.1) is 5.82 Å². The van der Waals surface area contributed by atoms with Crippen LogP contribution in [0.1, 0.15) is 5.56 Å². The first-order chi connectivity index (χ1) is 8.67. The molecule has 1 fully saturated rings. The molecule has 1 aliphatic rings. The van der Waals surface area contributed by atoms with Crippen molar-refractivity contribution in [3.05, 3.63) is 34.6 Å². The third kappa shape index (κ3) is 3.88. The Kier molecular flexibility index (Phi) is 3.87. The standard InChI is InChI=1S/C10H11ClFNO4S2/c11-9-2-1-7(3-10(9)12)4-19(16,17)13-8-5-18(14,15)6-8/h1-3,8,13H,4-6H2. The van der Waals surface area contributed by atoms with E-state index in [2.05, 4.69) is 4.72 Å². The van der Waals surface area contributed by atoms with Crippen molar-refractivity contribution in [2.75, 3.05) is 11.5 Å². The van der Waals surface area contributed by atoms with Crippen molar-refractivity contribution < 1.29 is 21.2 Å². The maximum atomic E-state index is 13.2. The summed E-state index contributed by atoms with van der Waals surface area (Å²) in [6.07, 6.45) is 0. The molecule has 1 aromatic carbocycles. The molecule has 106 valence electrons. The van der Waals surface area contributed by atoms with Crippen molar-refractivity contribution in [3.63, 3.8) is 0 Å². The van der Waals surface area contributed by atoms with E-state index in [1.165, 1.54) is 12.1 Å². The number of benzene rings is 1. The first-order valence-corrected chi connectivity index (χ1v) is 9.16. The fraction of sp³-hybridized carbons (Fsp3) is 0.400. The fourth-order valence-corrected chi connectivity index (χ4v) is 4.78. The molecule has 19 heavy (non-hydrogen) atoms. The van der Waals surface area contributed by atoms with Gasteiger partial charge >= 0.3 is 0 Å². The monoisotopic (exact) mass is 327 g/mol. The molecule has 0 radical (unpaired) electrons. The van der Waals surface area contributed by atoms with E-state index in [4.69, 9.17) is 11.6 Å². The van der Waals surface area contributed by atoms with Crippen LogP contribution in [0.4, 0.5) is 4.39 Å². The predicted octanol–water partition coefficient (Wildman–Crippen LogP) is 0.696. The topological polar surface area (TPSA) is 80.3 Å². The van der Waals surface area contributed by atoms with E-state index in [1.807, 2.05) is 0 Å². The molecule has 0 aromatic heterocycles. The van der Waals surface area contributed by atoms with Crippen LogP contribution in [0.3, 0.4) is 0 Å². The van der Waals surface area contributed by atoms with Gasteiger partial charge in [-0.05, 0) is 17.7 Å². The molecule has 0 saturated carbocycles. The highest BCUT2D eigenvalue weighted by atomic mass is 35.5. The lowest BCUT2D eigenvalue weighted by Gasteiger charge is -2.26. The molecule has 1 N–H and O–H groups in total. The van der Waals surface area contributed by atoms with Crippen LogP contribution in [0.5, 0.6) is 0 Å². The molecular formula is C10H11ClFNO4S2. The maximum Gasteiger partial charge on any atom is 0.216 e. The van der Waals surface area contributed by atoms with E-state index in [-0.39, 0.29) is 22.1 Å². The van der Waals surface area contributed by atoms with Crippen LogP contribution in [0.25, 0.3) is 0 Å². The Hall–Kier alpha value is -0.700. The van der Waals surface area contributed by atoms with E-state index in [1.54, 1.807) is 0 Å². The molecule has 0 unspecified atom stereocenters. The summed E-state index contributed by atoms with van der Waals surface area (Å²) in [5, 5.41) is -0.0841. The van der Waals surface area contributed by atoms with E-state index < -0.39 is 37.5 Å². The second kappa shape index (κ2) is 5.01. The Morgan fingerprint density at radius 1 is 1.37 bits per heavy atom. The van der Waals surface area contributed by atoms with Gasteiger partial charge in [-0.1, -0.05) is 17.7 Å². The molecule has 9 heteroatoms. The van der Waals surface area contributed by atoms with Gasteiger partial charge in [-0.3, -0.25) is 0 Å². The van der Waals surface area contributed by atoms with Gasteiger partial charge < -0.3 is 0 Å². The average molecular weight is 328 g/mol. The summed E-state index contributed by atoms with van der Waals surface area (Å²) in [6.45, 7) is 0. The lowest BCUT2D eigenvalue weighted by molar-refractivity contribution is 0.536. The van der Waals surface area contributed by atoms with Crippen LogP contribution in [-0.2, 0) is 25.6 Å². The third-order valence-electron chi connectivity index (χ3n) is 2.60. The molecule has 0 aliphatic carbocycles. The number of rotatable bonds is 4. The van der Waals surface area contributed by atoms with Gasteiger partial charge in [-0.15, -0.1) is 0 Å². The number of nitrogens with one attached hydrogen (secondary N) is 1. The summed E-state index contributed by atoms with van der Waals surface area (Å²) in [4.78, 5) is 0. The first-order valence-electron chi connectivity index (χ1n) is 5.31. The molecule has 1 aliphatic heterocycles. The summed E-state index contributed by atoms with van der Waals surface area (Å²) in [7, 11) is -6.79. The summed E-state index contributed by atoms with van der Waals surface area (Å²) < 4.78 is 60.8. The smallest absolute Gasteiger partial charge is 0.216 e. The second-order valence-corrected chi connectivity index (χ2v) is 8.71. The Labute approximate surface area is 115 Å². The zero-order valence-corrected chi connectivity index (χ0v) is 12.0. The lowest BCUT2D eigenvalue weighted by Crippen LogP contribution is -2.53. The van der Waals surface area contributed by atoms with E-state index in [9.17, 15) is 21.2 Å². The molecule has 1 heterocycles.